The van der Waals surface area contributed by atoms with Crippen LogP contribution in [0.2, 0.25) is 0 Å². The summed E-state index contributed by atoms with van der Waals surface area (Å²) in [5, 5.41) is 19.7. The summed E-state index contributed by atoms with van der Waals surface area (Å²) in [4.78, 5) is 36.8. The highest BCUT2D eigenvalue weighted by molar-refractivity contribution is 7.16. The van der Waals surface area contributed by atoms with Gasteiger partial charge in [-0.25, -0.2) is 4.68 Å². The molecule has 1 fully saturated rings. The summed E-state index contributed by atoms with van der Waals surface area (Å²) >= 11 is 1.58. The van der Waals surface area contributed by atoms with E-state index in [0.717, 1.165) is 42.0 Å². The van der Waals surface area contributed by atoms with Crippen molar-refractivity contribution in [1.29, 1.82) is 0 Å². The van der Waals surface area contributed by atoms with Crippen molar-refractivity contribution < 1.29 is 14.7 Å². The molecule has 0 spiro atoms. The van der Waals surface area contributed by atoms with Crippen LogP contribution in [0.5, 0.6) is 0 Å². The third kappa shape index (κ3) is 4.86. The van der Waals surface area contributed by atoms with Crippen LogP contribution in [0, 0.1) is 0 Å². The lowest BCUT2D eigenvalue weighted by molar-refractivity contribution is -0.123. The summed E-state index contributed by atoms with van der Waals surface area (Å²) < 4.78 is 3.22. The largest absolute Gasteiger partial charge is 0.395 e. The Kier molecular flexibility index (Phi) is 7.58. The molecule has 1 aliphatic heterocycles. The summed E-state index contributed by atoms with van der Waals surface area (Å²) in [5.41, 5.74) is 0.309. The zero-order chi connectivity index (χ0) is 22.5. The first kappa shape index (κ1) is 23.1. The number of nitrogens with one attached hydrogen (secondary N) is 1. The average Bonchev–Trinajstić information content (AvgIpc) is 3.34. The molecule has 0 aliphatic carbocycles. The molecule has 1 amide bonds. The van der Waals surface area contributed by atoms with Crippen LogP contribution in [-0.4, -0.2) is 69.2 Å². The SMILES string of the molecule is C=O.CC(C)c1nn(CC(=O)N[C@@H]2CCCN(CCO)C2)c(=O)c2cc3ccsc3n12. The Morgan fingerprint density at radius 2 is 2.19 bits per heavy atom. The first-order chi connectivity index (χ1) is 15.0. The third-order valence-electron chi connectivity index (χ3n) is 5.41. The van der Waals surface area contributed by atoms with Crippen LogP contribution in [0.1, 0.15) is 38.4 Å². The molecular formula is C21H29N5O4S. The van der Waals surface area contributed by atoms with E-state index in [1.54, 1.807) is 11.3 Å². The summed E-state index contributed by atoms with van der Waals surface area (Å²) in [6.45, 7) is 8.37. The third-order valence-corrected chi connectivity index (χ3v) is 6.33. The number of carbonyl (C=O) groups is 2. The number of aliphatic hydroxyl groups excluding tert-OH is 1. The smallest absolute Gasteiger partial charge is 0.291 e. The summed E-state index contributed by atoms with van der Waals surface area (Å²) in [5.74, 6) is 0.676. The van der Waals surface area contributed by atoms with Crippen molar-refractivity contribution in [1.82, 2.24) is 24.4 Å². The van der Waals surface area contributed by atoms with Crippen molar-refractivity contribution in [2.24, 2.45) is 0 Å². The summed E-state index contributed by atoms with van der Waals surface area (Å²) in [6.07, 6.45) is 1.88. The van der Waals surface area contributed by atoms with E-state index in [9.17, 15) is 9.59 Å². The molecule has 10 heteroatoms. The lowest BCUT2D eigenvalue weighted by Crippen LogP contribution is -2.49. The van der Waals surface area contributed by atoms with Crippen LogP contribution in [0.4, 0.5) is 0 Å². The minimum Gasteiger partial charge on any atom is -0.395 e. The molecule has 1 atom stereocenters. The standard InChI is InChI=1S/C20H27N5O3S.CH2O/c1-13(2)18-22-24(19(28)16-10-14-5-9-29-20(14)25(16)18)12-17(27)21-15-4-3-6-23(11-15)7-8-26;1-2/h5,9-10,13,15,26H,3-4,6-8,11-12H2,1-2H3,(H,21,27);1H2/t15-;/m1./s1. The predicted octanol–water partition coefficient (Wildman–Crippen LogP) is 1.22. The van der Waals surface area contributed by atoms with E-state index in [1.807, 2.05) is 42.6 Å². The van der Waals surface area contributed by atoms with Gasteiger partial charge in [0.15, 0.2) is 0 Å². The molecule has 9 nitrogen and oxygen atoms in total. The molecule has 0 unspecified atom stereocenters. The molecule has 3 aromatic heterocycles. The Morgan fingerprint density at radius 3 is 2.90 bits per heavy atom. The van der Waals surface area contributed by atoms with Gasteiger partial charge in [-0.2, -0.15) is 5.10 Å². The topological polar surface area (TPSA) is 109 Å². The molecule has 1 saturated heterocycles. The van der Waals surface area contributed by atoms with E-state index in [1.165, 1.54) is 4.68 Å². The number of carbonyl (C=O) groups excluding carboxylic acids is 2. The van der Waals surface area contributed by atoms with Gasteiger partial charge in [-0.3, -0.25) is 18.9 Å². The van der Waals surface area contributed by atoms with Gasteiger partial charge < -0.3 is 15.2 Å². The monoisotopic (exact) mass is 447 g/mol. The molecule has 0 saturated carbocycles. The van der Waals surface area contributed by atoms with Crippen LogP contribution >= 0.6 is 11.3 Å². The molecule has 168 valence electrons. The first-order valence-electron chi connectivity index (χ1n) is 10.4. The number of aliphatic hydroxyl groups is 1. The van der Waals surface area contributed by atoms with Crippen LogP contribution in [0.25, 0.3) is 15.7 Å². The van der Waals surface area contributed by atoms with Crippen LogP contribution < -0.4 is 10.9 Å². The molecule has 2 N–H and O–H groups in total. The van der Waals surface area contributed by atoms with Crippen molar-refractivity contribution in [3.63, 3.8) is 0 Å². The normalized spacial score (nSPS) is 17.1. The van der Waals surface area contributed by atoms with Gasteiger partial charge in [-0.15, -0.1) is 11.3 Å². The quantitative estimate of drug-likeness (QED) is 0.588. The highest BCUT2D eigenvalue weighted by atomic mass is 32.1. The predicted molar refractivity (Wildman–Crippen MR) is 121 cm³/mol. The minimum atomic E-state index is -0.251. The number of hydrogen-bond donors (Lipinski definition) is 2. The van der Waals surface area contributed by atoms with Crippen molar-refractivity contribution in [3.05, 3.63) is 33.7 Å². The number of nitrogens with zero attached hydrogens (tertiary/aromatic N) is 4. The first-order valence-corrected chi connectivity index (χ1v) is 11.3. The Bertz CT molecular complexity index is 1100. The van der Waals surface area contributed by atoms with E-state index >= 15 is 0 Å². The second-order valence-corrected chi connectivity index (χ2v) is 8.85. The van der Waals surface area contributed by atoms with Gasteiger partial charge in [-0.05, 0) is 36.9 Å². The zero-order valence-electron chi connectivity index (χ0n) is 17.9. The molecule has 31 heavy (non-hydrogen) atoms. The fourth-order valence-corrected chi connectivity index (χ4v) is 4.97. The fraction of sp³-hybridized carbons (Fsp3) is 0.524. The van der Waals surface area contributed by atoms with Gasteiger partial charge in [0.1, 0.15) is 29.5 Å². The van der Waals surface area contributed by atoms with Crippen molar-refractivity contribution in [2.45, 2.75) is 45.2 Å². The van der Waals surface area contributed by atoms with Gasteiger partial charge >= 0.3 is 0 Å². The number of rotatable bonds is 6. The van der Waals surface area contributed by atoms with E-state index in [0.29, 0.717) is 12.1 Å². The molecule has 4 rings (SSSR count). The summed E-state index contributed by atoms with van der Waals surface area (Å²) in [7, 11) is 0. The van der Waals surface area contributed by atoms with Gasteiger partial charge in [0, 0.05) is 30.4 Å². The van der Waals surface area contributed by atoms with Crippen molar-refractivity contribution >= 4 is 39.8 Å². The molecule has 3 aromatic rings. The molecule has 1 aliphatic rings. The van der Waals surface area contributed by atoms with Crippen molar-refractivity contribution in [2.75, 3.05) is 26.2 Å². The number of thiophene rings is 1. The van der Waals surface area contributed by atoms with Gasteiger partial charge in [0.2, 0.25) is 5.91 Å². The Labute approximate surface area is 184 Å². The number of piperidine rings is 1. The second kappa shape index (κ2) is 10.2. The highest BCUT2D eigenvalue weighted by Gasteiger charge is 2.22. The Hall–Kier alpha value is -2.56. The van der Waals surface area contributed by atoms with E-state index in [-0.39, 0.29) is 36.6 Å². The maximum atomic E-state index is 13.0. The Morgan fingerprint density at radius 1 is 1.42 bits per heavy atom. The number of amides is 1. The minimum absolute atomic E-state index is 0.0328. The number of hydrogen-bond acceptors (Lipinski definition) is 7. The lowest BCUT2D eigenvalue weighted by atomic mass is 10.1. The van der Waals surface area contributed by atoms with Crippen molar-refractivity contribution in [3.8, 4) is 0 Å². The lowest BCUT2D eigenvalue weighted by Gasteiger charge is -2.32. The molecule has 0 radical (unpaired) electrons. The number of likely N-dealkylation sites (tertiary alicyclic amines) is 1. The van der Waals surface area contributed by atoms with Gasteiger partial charge in [0.25, 0.3) is 5.56 Å². The maximum absolute atomic E-state index is 13.0. The second-order valence-electron chi connectivity index (χ2n) is 7.95. The molecule has 4 heterocycles. The number of aromatic nitrogens is 3. The van der Waals surface area contributed by atoms with Crippen LogP contribution in [0.15, 0.2) is 22.3 Å². The molecule has 0 aromatic carbocycles. The Balaban J connectivity index is 0.00000132. The molecular weight excluding hydrogens is 418 g/mol. The van der Waals surface area contributed by atoms with E-state index in [2.05, 4.69) is 15.3 Å². The zero-order valence-corrected chi connectivity index (χ0v) is 18.7. The molecule has 0 bridgehead atoms. The fourth-order valence-electron chi connectivity index (χ4n) is 4.06. The van der Waals surface area contributed by atoms with Gasteiger partial charge in [-0.1, -0.05) is 13.8 Å². The maximum Gasteiger partial charge on any atom is 0.291 e. The number of β-amino-alcohol motifs (C(OH)–C–C–N with tert-alkyl or cyclic N) is 1. The van der Waals surface area contributed by atoms with Crippen LogP contribution in [-0.2, 0) is 16.1 Å². The van der Waals surface area contributed by atoms with Crippen LogP contribution in [0.3, 0.4) is 0 Å². The number of fused-ring (bicyclic) bond motifs is 3. The van der Waals surface area contributed by atoms with E-state index in [4.69, 9.17) is 9.90 Å². The summed E-state index contributed by atoms with van der Waals surface area (Å²) in [6, 6.07) is 3.91. The average molecular weight is 448 g/mol. The highest BCUT2D eigenvalue weighted by Crippen LogP contribution is 2.26. The van der Waals surface area contributed by atoms with E-state index < -0.39 is 0 Å². The van der Waals surface area contributed by atoms with Gasteiger partial charge in [0.05, 0.1) is 6.61 Å².